The molecule has 0 bridgehead atoms. The Labute approximate surface area is 87.9 Å². The highest BCUT2D eigenvalue weighted by molar-refractivity contribution is 5.83. The molecule has 0 saturated carbocycles. The minimum Gasteiger partial charge on any atom is -0.397 e. The maximum atomic E-state index is 5.88. The van der Waals surface area contributed by atoms with Crippen molar-refractivity contribution in [1.29, 1.82) is 0 Å². The van der Waals surface area contributed by atoms with Crippen LogP contribution in [0.25, 0.3) is 11.3 Å². The largest absolute Gasteiger partial charge is 0.397 e. The molecule has 0 spiro atoms. The van der Waals surface area contributed by atoms with Crippen LogP contribution >= 0.6 is 0 Å². The van der Waals surface area contributed by atoms with E-state index in [4.69, 9.17) is 16.0 Å². The van der Waals surface area contributed by atoms with Gasteiger partial charge in [-0.15, -0.1) is 0 Å². The average molecular weight is 203 g/mol. The lowest BCUT2D eigenvalue weighted by Crippen LogP contribution is -1.96. The maximum absolute atomic E-state index is 5.88. The summed E-state index contributed by atoms with van der Waals surface area (Å²) >= 11 is 0. The minimum atomic E-state index is 0.539. The second-order valence-electron chi connectivity index (χ2n) is 3.53. The number of nitrogens with zero attached hydrogens (tertiary/aromatic N) is 1. The van der Waals surface area contributed by atoms with Crippen molar-refractivity contribution < 1.29 is 4.52 Å². The van der Waals surface area contributed by atoms with Gasteiger partial charge in [0.1, 0.15) is 0 Å². The summed E-state index contributed by atoms with van der Waals surface area (Å²) in [4.78, 5) is 0. The molecule has 2 aromatic rings. The molecule has 1 aromatic carbocycles. The Bertz CT molecular complexity index is 503. The number of hydrogen-bond acceptors (Lipinski definition) is 4. The molecule has 1 heterocycles. The van der Waals surface area contributed by atoms with Gasteiger partial charge in [-0.25, -0.2) is 0 Å². The standard InChI is InChI=1S/C11H13N3O/c1-6-7(2)14-15-11(6)8-4-3-5-9(12)10(8)13/h3-5H,12-13H2,1-2H3. The molecule has 0 aliphatic rings. The fourth-order valence-electron chi connectivity index (χ4n) is 1.45. The van der Waals surface area contributed by atoms with E-state index < -0.39 is 0 Å². The van der Waals surface area contributed by atoms with Gasteiger partial charge in [-0.2, -0.15) is 0 Å². The van der Waals surface area contributed by atoms with E-state index in [1.807, 2.05) is 26.0 Å². The van der Waals surface area contributed by atoms with Gasteiger partial charge in [-0.3, -0.25) is 0 Å². The van der Waals surface area contributed by atoms with Crippen LogP contribution in [0.2, 0.25) is 0 Å². The fourth-order valence-corrected chi connectivity index (χ4v) is 1.45. The molecular weight excluding hydrogens is 190 g/mol. The van der Waals surface area contributed by atoms with Crippen molar-refractivity contribution in [3.63, 3.8) is 0 Å². The van der Waals surface area contributed by atoms with Gasteiger partial charge >= 0.3 is 0 Å². The van der Waals surface area contributed by atoms with Gasteiger partial charge in [0.25, 0.3) is 0 Å². The molecule has 0 aliphatic carbocycles. The van der Waals surface area contributed by atoms with E-state index in [1.54, 1.807) is 6.07 Å². The molecule has 4 N–H and O–H groups in total. The zero-order valence-corrected chi connectivity index (χ0v) is 8.74. The predicted octanol–water partition coefficient (Wildman–Crippen LogP) is 2.12. The van der Waals surface area contributed by atoms with Gasteiger partial charge in [0.15, 0.2) is 5.76 Å². The van der Waals surface area contributed by atoms with Gasteiger partial charge in [-0.1, -0.05) is 11.2 Å². The molecular formula is C11H13N3O. The van der Waals surface area contributed by atoms with E-state index in [1.165, 1.54) is 0 Å². The van der Waals surface area contributed by atoms with Crippen LogP contribution < -0.4 is 11.5 Å². The minimum absolute atomic E-state index is 0.539. The highest BCUT2D eigenvalue weighted by Gasteiger charge is 2.14. The lowest BCUT2D eigenvalue weighted by Gasteiger charge is -2.05. The fraction of sp³-hybridized carbons (Fsp3) is 0.182. The first-order valence-electron chi connectivity index (χ1n) is 4.68. The Kier molecular flexibility index (Phi) is 2.11. The van der Waals surface area contributed by atoms with Gasteiger partial charge in [0.05, 0.1) is 17.1 Å². The van der Waals surface area contributed by atoms with Crippen LogP contribution in [0, 0.1) is 13.8 Å². The van der Waals surface area contributed by atoms with Crippen molar-refractivity contribution in [2.24, 2.45) is 0 Å². The average Bonchev–Trinajstić information content (AvgIpc) is 2.53. The van der Waals surface area contributed by atoms with Crippen LogP contribution in [-0.4, -0.2) is 5.16 Å². The molecule has 1 aromatic heterocycles. The summed E-state index contributed by atoms with van der Waals surface area (Å²) in [5.41, 5.74) is 15.4. The number of aryl methyl sites for hydroxylation is 1. The quantitative estimate of drug-likeness (QED) is 0.696. The summed E-state index contributed by atoms with van der Waals surface area (Å²) in [5, 5.41) is 3.89. The SMILES string of the molecule is Cc1noc(-c2cccc(N)c2N)c1C. The van der Waals surface area contributed by atoms with Gasteiger partial charge in [0, 0.05) is 11.1 Å². The monoisotopic (exact) mass is 203 g/mol. The van der Waals surface area contributed by atoms with Crippen LogP contribution in [0.15, 0.2) is 22.7 Å². The summed E-state index contributed by atoms with van der Waals surface area (Å²) in [5.74, 6) is 0.692. The molecule has 0 aliphatic heterocycles. The number of benzene rings is 1. The highest BCUT2D eigenvalue weighted by Crippen LogP contribution is 2.32. The summed E-state index contributed by atoms with van der Waals surface area (Å²) in [6.45, 7) is 3.84. The highest BCUT2D eigenvalue weighted by atomic mass is 16.5. The number of aromatic nitrogens is 1. The predicted molar refractivity (Wildman–Crippen MR) is 60.2 cm³/mol. The number of hydrogen-bond donors (Lipinski definition) is 2. The van der Waals surface area contributed by atoms with Crippen molar-refractivity contribution in [1.82, 2.24) is 5.16 Å². The first-order chi connectivity index (χ1) is 7.11. The van der Waals surface area contributed by atoms with E-state index >= 15 is 0 Å². The van der Waals surface area contributed by atoms with Crippen molar-refractivity contribution in [2.45, 2.75) is 13.8 Å². The van der Waals surface area contributed by atoms with Crippen LogP contribution in [0.5, 0.6) is 0 Å². The molecule has 0 saturated heterocycles. The zero-order valence-electron chi connectivity index (χ0n) is 8.74. The summed E-state index contributed by atoms with van der Waals surface area (Å²) in [6, 6.07) is 5.48. The molecule has 0 amide bonds. The van der Waals surface area contributed by atoms with E-state index in [0.717, 1.165) is 16.8 Å². The van der Waals surface area contributed by atoms with Crippen LogP contribution in [-0.2, 0) is 0 Å². The molecule has 4 nitrogen and oxygen atoms in total. The van der Waals surface area contributed by atoms with Gasteiger partial charge in [-0.05, 0) is 26.0 Å². The number of nitrogen functional groups attached to an aromatic ring is 2. The first kappa shape index (κ1) is 9.58. The molecule has 0 atom stereocenters. The molecule has 4 heteroatoms. The molecule has 15 heavy (non-hydrogen) atoms. The lowest BCUT2D eigenvalue weighted by molar-refractivity contribution is 0.427. The summed E-state index contributed by atoms with van der Waals surface area (Å²) in [6.07, 6.45) is 0. The van der Waals surface area contributed by atoms with Gasteiger partial charge < -0.3 is 16.0 Å². The van der Waals surface area contributed by atoms with Crippen molar-refractivity contribution in [3.05, 3.63) is 29.5 Å². The number of anilines is 2. The van der Waals surface area contributed by atoms with Crippen LogP contribution in [0.3, 0.4) is 0 Å². The second kappa shape index (κ2) is 3.31. The smallest absolute Gasteiger partial charge is 0.172 e. The third-order valence-corrected chi connectivity index (χ3v) is 2.54. The van der Waals surface area contributed by atoms with E-state index in [9.17, 15) is 0 Å². The number of rotatable bonds is 1. The van der Waals surface area contributed by atoms with Crippen molar-refractivity contribution >= 4 is 11.4 Å². The summed E-state index contributed by atoms with van der Waals surface area (Å²) in [7, 11) is 0. The third-order valence-electron chi connectivity index (χ3n) is 2.54. The van der Waals surface area contributed by atoms with E-state index in [2.05, 4.69) is 5.16 Å². The zero-order chi connectivity index (χ0) is 11.0. The molecule has 0 fully saturated rings. The molecule has 78 valence electrons. The lowest BCUT2D eigenvalue weighted by atomic mass is 10.1. The van der Waals surface area contributed by atoms with E-state index in [-0.39, 0.29) is 0 Å². The first-order valence-corrected chi connectivity index (χ1v) is 4.68. The Morgan fingerprint density at radius 3 is 2.53 bits per heavy atom. The Balaban J connectivity index is 2.64. The van der Waals surface area contributed by atoms with Gasteiger partial charge in [0.2, 0.25) is 0 Å². The Morgan fingerprint density at radius 2 is 1.93 bits per heavy atom. The third kappa shape index (κ3) is 1.44. The van der Waals surface area contributed by atoms with Crippen LogP contribution in [0.4, 0.5) is 11.4 Å². The normalized spacial score (nSPS) is 10.5. The Hall–Kier alpha value is -1.97. The van der Waals surface area contributed by atoms with Crippen molar-refractivity contribution in [3.8, 4) is 11.3 Å². The summed E-state index contributed by atoms with van der Waals surface area (Å²) < 4.78 is 5.23. The number of para-hydroxylation sites is 1. The van der Waals surface area contributed by atoms with E-state index in [0.29, 0.717) is 17.1 Å². The van der Waals surface area contributed by atoms with Crippen molar-refractivity contribution in [2.75, 3.05) is 11.5 Å². The molecule has 0 radical (unpaired) electrons. The second-order valence-corrected chi connectivity index (χ2v) is 3.53. The van der Waals surface area contributed by atoms with Crippen LogP contribution in [0.1, 0.15) is 11.3 Å². The molecule has 2 rings (SSSR count). The Morgan fingerprint density at radius 1 is 1.20 bits per heavy atom. The maximum Gasteiger partial charge on any atom is 0.172 e. The molecule has 0 unspecified atom stereocenters. The number of nitrogens with two attached hydrogens (primary N) is 2. The topological polar surface area (TPSA) is 78.1 Å².